The van der Waals surface area contributed by atoms with Gasteiger partial charge < -0.3 is 15.0 Å². The van der Waals surface area contributed by atoms with Crippen molar-refractivity contribution in [1.29, 1.82) is 0 Å². The number of alkyl halides is 3. The summed E-state index contributed by atoms with van der Waals surface area (Å²) in [5.74, 6) is -0.270. The molecule has 1 saturated heterocycles. The number of hydrogen-bond donors (Lipinski definition) is 1. The van der Waals surface area contributed by atoms with Crippen LogP contribution in [0.1, 0.15) is 12.5 Å². The maximum atomic E-state index is 12.0. The fourth-order valence-electron chi connectivity index (χ4n) is 2.06. The molecule has 1 fully saturated rings. The summed E-state index contributed by atoms with van der Waals surface area (Å²) in [5.41, 5.74) is 0.766. The number of hydrogen-bond acceptors (Lipinski definition) is 3. The first-order valence-corrected chi connectivity index (χ1v) is 6.22. The second-order valence-corrected chi connectivity index (χ2v) is 4.63. The van der Waals surface area contributed by atoms with Gasteiger partial charge in [-0.1, -0.05) is 12.1 Å². The molecule has 110 valence electrons. The van der Waals surface area contributed by atoms with Gasteiger partial charge in [-0.3, -0.25) is 4.79 Å². The summed E-state index contributed by atoms with van der Waals surface area (Å²) in [5, 5.41) is 3.05. The number of nitrogens with zero attached hydrogens (tertiary/aromatic N) is 1. The fourth-order valence-corrected chi connectivity index (χ4v) is 2.06. The van der Waals surface area contributed by atoms with Crippen LogP contribution in [0.3, 0.4) is 0 Å². The van der Waals surface area contributed by atoms with Gasteiger partial charge in [-0.15, -0.1) is 13.2 Å². The average Bonchev–Trinajstić information content (AvgIpc) is 2.35. The highest BCUT2D eigenvalue weighted by atomic mass is 19.4. The van der Waals surface area contributed by atoms with E-state index in [1.807, 2.05) is 0 Å². The topological polar surface area (TPSA) is 41.6 Å². The van der Waals surface area contributed by atoms with Crippen LogP contribution < -0.4 is 10.1 Å². The minimum atomic E-state index is -4.69. The van der Waals surface area contributed by atoms with E-state index in [4.69, 9.17) is 0 Å². The molecule has 0 bridgehead atoms. The Bertz CT molecular complexity index is 473. The number of halogens is 3. The standard InChI is InChI=1S/C13H15F3N2O2/c1-9-12(19)18(7-6-17-9)8-10-2-4-11(5-3-10)20-13(14,15)16/h2-5,9,17H,6-8H2,1H3. The SMILES string of the molecule is CC1NCCN(Cc2ccc(OC(F)(F)F)cc2)C1=O. The summed E-state index contributed by atoms with van der Waals surface area (Å²) >= 11 is 0. The molecule has 1 atom stereocenters. The molecule has 7 heteroatoms. The first-order chi connectivity index (χ1) is 9.35. The lowest BCUT2D eigenvalue weighted by atomic mass is 10.1. The van der Waals surface area contributed by atoms with Crippen molar-refractivity contribution in [3.8, 4) is 5.75 Å². The highest BCUT2D eigenvalue weighted by molar-refractivity contribution is 5.82. The summed E-state index contributed by atoms with van der Waals surface area (Å²) in [7, 11) is 0. The molecule has 0 aliphatic carbocycles. The van der Waals surface area contributed by atoms with Crippen LogP contribution in [0.5, 0.6) is 5.75 Å². The van der Waals surface area contributed by atoms with Gasteiger partial charge in [-0.05, 0) is 24.6 Å². The first-order valence-electron chi connectivity index (χ1n) is 6.22. The van der Waals surface area contributed by atoms with Gasteiger partial charge in [0.2, 0.25) is 5.91 Å². The molecule has 0 aromatic heterocycles. The third kappa shape index (κ3) is 3.86. The minimum absolute atomic E-state index is 0.00753. The zero-order chi connectivity index (χ0) is 14.8. The Morgan fingerprint density at radius 1 is 1.35 bits per heavy atom. The van der Waals surface area contributed by atoms with Crippen LogP contribution in [0, 0.1) is 0 Å². The van der Waals surface area contributed by atoms with Crippen LogP contribution in [0.25, 0.3) is 0 Å². The average molecular weight is 288 g/mol. The van der Waals surface area contributed by atoms with Gasteiger partial charge in [0.1, 0.15) is 5.75 Å². The molecule has 4 nitrogen and oxygen atoms in total. The Morgan fingerprint density at radius 2 is 2.00 bits per heavy atom. The minimum Gasteiger partial charge on any atom is -0.406 e. The van der Waals surface area contributed by atoms with Crippen molar-refractivity contribution in [2.75, 3.05) is 13.1 Å². The lowest BCUT2D eigenvalue weighted by molar-refractivity contribution is -0.274. The zero-order valence-corrected chi connectivity index (χ0v) is 10.9. The van der Waals surface area contributed by atoms with Crippen LogP contribution in [0.4, 0.5) is 13.2 Å². The molecule has 0 saturated carbocycles. The van der Waals surface area contributed by atoms with Gasteiger partial charge in [0.25, 0.3) is 0 Å². The largest absolute Gasteiger partial charge is 0.573 e. The predicted molar refractivity (Wildman–Crippen MR) is 66.0 cm³/mol. The number of carbonyl (C=O) groups is 1. The highest BCUT2D eigenvalue weighted by Crippen LogP contribution is 2.23. The van der Waals surface area contributed by atoms with E-state index in [9.17, 15) is 18.0 Å². The molecule has 0 radical (unpaired) electrons. The Hall–Kier alpha value is -1.76. The number of rotatable bonds is 3. The van der Waals surface area contributed by atoms with Crippen molar-refractivity contribution < 1.29 is 22.7 Å². The molecule has 2 rings (SSSR count). The van der Waals surface area contributed by atoms with E-state index in [1.165, 1.54) is 24.3 Å². The highest BCUT2D eigenvalue weighted by Gasteiger charge is 2.31. The molecule has 1 aliphatic heterocycles. The number of carbonyl (C=O) groups excluding carboxylic acids is 1. The Kier molecular flexibility index (Phi) is 4.17. The molecule has 20 heavy (non-hydrogen) atoms. The summed E-state index contributed by atoms with van der Waals surface area (Å²) < 4.78 is 39.9. The molecule has 1 unspecified atom stereocenters. The van der Waals surface area contributed by atoms with Gasteiger partial charge in [-0.25, -0.2) is 0 Å². The summed E-state index contributed by atoms with van der Waals surface area (Å²) in [6.07, 6.45) is -4.69. The van der Waals surface area contributed by atoms with Crippen molar-refractivity contribution in [2.24, 2.45) is 0 Å². The molecule has 0 spiro atoms. The maximum absolute atomic E-state index is 12.0. The van der Waals surface area contributed by atoms with E-state index in [-0.39, 0.29) is 17.7 Å². The number of piperazine rings is 1. The quantitative estimate of drug-likeness (QED) is 0.923. The lowest BCUT2D eigenvalue weighted by Crippen LogP contribution is -2.53. The van der Waals surface area contributed by atoms with Crippen molar-refractivity contribution in [3.05, 3.63) is 29.8 Å². The summed E-state index contributed by atoms with van der Waals surface area (Å²) in [4.78, 5) is 13.6. The van der Waals surface area contributed by atoms with Crippen LogP contribution in [0.15, 0.2) is 24.3 Å². The van der Waals surface area contributed by atoms with Gasteiger partial charge in [0.05, 0.1) is 6.04 Å². The molecule has 1 N–H and O–H groups in total. The van der Waals surface area contributed by atoms with Crippen LogP contribution in [0.2, 0.25) is 0 Å². The summed E-state index contributed by atoms with van der Waals surface area (Å²) in [6.45, 7) is 3.47. The maximum Gasteiger partial charge on any atom is 0.573 e. The molecule has 1 aliphatic rings. The Balaban J connectivity index is 1.98. The molecule has 1 heterocycles. The van der Waals surface area contributed by atoms with E-state index >= 15 is 0 Å². The zero-order valence-electron chi connectivity index (χ0n) is 10.9. The molecule has 1 amide bonds. The smallest absolute Gasteiger partial charge is 0.406 e. The van der Waals surface area contributed by atoms with Gasteiger partial charge >= 0.3 is 6.36 Å². The lowest BCUT2D eigenvalue weighted by Gasteiger charge is -2.31. The summed E-state index contributed by atoms with van der Waals surface area (Å²) in [6, 6.07) is 5.33. The normalized spacial score (nSPS) is 20.1. The molecule has 1 aromatic carbocycles. The third-order valence-electron chi connectivity index (χ3n) is 3.04. The van der Waals surface area contributed by atoms with Gasteiger partial charge in [0, 0.05) is 19.6 Å². The number of ether oxygens (including phenoxy) is 1. The molecule has 1 aromatic rings. The van der Waals surface area contributed by atoms with Crippen LogP contribution >= 0.6 is 0 Å². The fraction of sp³-hybridized carbons (Fsp3) is 0.462. The van der Waals surface area contributed by atoms with E-state index in [1.54, 1.807) is 11.8 Å². The van der Waals surface area contributed by atoms with E-state index < -0.39 is 6.36 Å². The van der Waals surface area contributed by atoms with Crippen molar-refractivity contribution in [1.82, 2.24) is 10.2 Å². The van der Waals surface area contributed by atoms with Gasteiger partial charge in [-0.2, -0.15) is 0 Å². The van der Waals surface area contributed by atoms with E-state index in [0.717, 1.165) is 5.56 Å². The third-order valence-corrected chi connectivity index (χ3v) is 3.04. The second-order valence-electron chi connectivity index (χ2n) is 4.63. The van der Waals surface area contributed by atoms with Crippen molar-refractivity contribution in [3.63, 3.8) is 0 Å². The predicted octanol–water partition coefficient (Wildman–Crippen LogP) is 1.91. The number of nitrogens with one attached hydrogen (secondary N) is 1. The van der Waals surface area contributed by atoms with E-state index in [2.05, 4.69) is 10.1 Å². The number of benzene rings is 1. The van der Waals surface area contributed by atoms with Crippen molar-refractivity contribution in [2.45, 2.75) is 25.9 Å². The van der Waals surface area contributed by atoms with Crippen LogP contribution in [-0.2, 0) is 11.3 Å². The van der Waals surface area contributed by atoms with Crippen LogP contribution in [-0.4, -0.2) is 36.3 Å². The first kappa shape index (κ1) is 14.6. The van der Waals surface area contributed by atoms with Crippen molar-refractivity contribution >= 4 is 5.91 Å². The van der Waals surface area contributed by atoms with Gasteiger partial charge in [0.15, 0.2) is 0 Å². The molecular formula is C13H15F3N2O2. The van der Waals surface area contributed by atoms with E-state index in [0.29, 0.717) is 19.6 Å². The monoisotopic (exact) mass is 288 g/mol. The molecular weight excluding hydrogens is 273 g/mol. The Labute approximate surface area is 114 Å². The Morgan fingerprint density at radius 3 is 2.60 bits per heavy atom. The second kappa shape index (κ2) is 5.70. The number of amides is 1.